The molecule has 5 rings (SSSR count). The van der Waals surface area contributed by atoms with Crippen LogP contribution in [0.25, 0.3) is 11.0 Å². The second kappa shape index (κ2) is 8.58. The van der Waals surface area contributed by atoms with Crippen LogP contribution in [0.1, 0.15) is 43.7 Å². The van der Waals surface area contributed by atoms with Crippen LogP contribution in [0.3, 0.4) is 0 Å². The Hall–Kier alpha value is -2.87. The third-order valence-corrected chi connectivity index (χ3v) is 6.63. The lowest BCUT2D eigenvalue weighted by Gasteiger charge is -2.32. The number of benzene rings is 2. The van der Waals surface area contributed by atoms with Crippen molar-refractivity contribution in [3.8, 4) is 0 Å². The van der Waals surface area contributed by atoms with Gasteiger partial charge in [-0.2, -0.15) is 0 Å². The van der Waals surface area contributed by atoms with E-state index in [1.54, 1.807) is 12.4 Å². The Bertz CT molecular complexity index is 1120. The molecule has 1 saturated carbocycles. The zero-order valence-electron chi connectivity index (χ0n) is 17.5. The summed E-state index contributed by atoms with van der Waals surface area (Å²) in [7, 11) is 0. The molecule has 0 N–H and O–H groups in total. The molecule has 8 heteroatoms. The summed E-state index contributed by atoms with van der Waals surface area (Å²) in [6.45, 7) is 1.07. The van der Waals surface area contributed by atoms with Crippen molar-refractivity contribution in [3.63, 3.8) is 0 Å². The number of amides is 1. The summed E-state index contributed by atoms with van der Waals surface area (Å²) in [6.07, 6.45) is 5.40. The molecule has 1 amide bonds. The number of carbonyl (C=O) groups excluding carboxylic acids is 1. The zero-order chi connectivity index (χ0) is 22.2. The van der Waals surface area contributed by atoms with Gasteiger partial charge in [-0.3, -0.25) is 9.63 Å². The monoisotopic (exact) mass is 443 g/mol. The molecular weight excluding hydrogens is 419 g/mol. The summed E-state index contributed by atoms with van der Waals surface area (Å²) < 4.78 is 42.9. The van der Waals surface area contributed by atoms with E-state index >= 15 is 0 Å². The van der Waals surface area contributed by atoms with Gasteiger partial charge in [0, 0.05) is 24.9 Å². The fourth-order valence-corrected chi connectivity index (χ4v) is 4.98. The first-order valence-electron chi connectivity index (χ1n) is 11.0. The highest BCUT2D eigenvalue weighted by Gasteiger charge is 2.37. The normalized spacial score (nSPS) is 23.7. The van der Waals surface area contributed by atoms with Crippen LogP contribution in [0.15, 0.2) is 42.7 Å². The van der Waals surface area contributed by atoms with E-state index in [1.807, 2.05) is 4.57 Å². The smallest absolute Gasteiger partial charge is 0.249 e. The van der Waals surface area contributed by atoms with Crippen LogP contribution in [-0.2, 0) is 16.2 Å². The van der Waals surface area contributed by atoms with Gasteiger partial charge in [-0.05, 0) is 67.5 Å². The minimum absolute atomic E-state index is 0.120. The predicted molar refractivity (Wildman–Crippen MR) is 112 cm³/mol. The first kappa shape index (κ1) is 21.0. The van der Waals surface area contributed by atoms with Crippen molar-refractivity contribution >= 4 is 16.9 Å². The molecule has 2 aliphatic rings. The Morgan fingerprint density at radius 3 is 2.47 bits per heavy atom. The molecule has 0 unspecified atom stereocenters. The van der Waals surface area contributed by atoms with Gasteiger partial charge in [0.1, 0.15) is 17.5 Å². The summed E-state index contributed by atoms with van der Waals surface area (Å²) in [4.78, 5) is 23.1. The third kappa shape index (κ3) is 4.11. The largest absolute Gasteiger partial charge is 0.330 e. The quantitative estimate of drug-likeness (QED) is 0.559. The highest BCUT2D eigenvalue weighted by molar-refractivity contribution is 5.78. The van der Waals surface area contributed by atoms with E-state index in [1.165, 1.54) is 29.3 Å². The molecule has 168 valence electrons. The maximum atomic E-state index is 13.7. The number of hydrogen-bond acceptors (Lipinski definition) is 3. The van der Waals surface area contributed by atoms with Crippen LogP contribution in [0.4, 0.5) is 13.2 Å². The molecule has 2 heterocycles. The molecule has 1 aliphatic heterocycles. The number of fused-ring (bicyclic) bond motifs is 1. The van der Waals surface area contributed by atoms with Crippen LogP contribution in [0.5, 0.6) is 0 Å². The van der Waals surface area contributed by atoms with Crippen molar-refractivity contribution in [2.24, 2.45) is 11.8 Å². The van der Waals surface area contributed by atoms with Crippen molar-refractivity contribution in [2.75, 3.05) is 6.61 Å². The van der Waals surface area contributed by atoms with Gasteiger partial charge in [0.05, 0.1) is 30.0 Å². The van der Waals surface area contributed by atoms with Gasteiger partial charge in [0.2, 0.25) is 5.91 Å². The molecule has 2 fully saturated rings. The summed E-state index contributed by atoms with van der Waals surface area (Å²) in [5.74, 6) is -1.54. The molecule has 3 aromatic rings. The third-order valence-electron chi connectivity index (χ3n) is 6.63. The molecule has 0 spiro atoms. The van der Waals surface area contributed by atoms with Crippen LogP contribution >= 0.6 is 0 Å². The molecule has 5 nitrogen and oxygen atoms in total. The van der Waals surface area contributed by atoms with Crippen LogP contribution in [0, 0.1) is 29.3 Å². The molecule has 0 bridgehead atoms. The van der Waals surface area contributed by atoms with Gasteiger partial charge in [-0.1, -0.05) is 0 Å². The van der Waals surface area contributed by atoms with Gasteiger partial charge < -0.3 is 4.57 Å². The number of hydrogen-bond donors (Lipinski definition) is 0. The fraction of sp³-hybridized carbons (Fsp3) is 0.417. The number of carbonyl (C=O) groups is 1. The number of nitrogens with zero attached hydrogens (tertiary/aromatic N) is 3. The lowest BCUT2D eigenvalue weighted by Crippen LogP contribution is -2.37. The van der Waals surface area contributed by atoms with Gasteiger partial charge in [-0.15, -0.1) is 0 Å². The van der Waals surface area contributed by atoms with Crippen molar-refractivity contribution in [2.45, 2.75) is 44.7 Å². The maximum absolute atomic E-state index is 13.7. The number of halogens is 3. The average Bonchev–Trinajstić information content (AvgIpc) is 3.41. The summed E-state index contributed by atoms with van der Waals surface area (Å²) in [6, 6.07) is 7.45. The zero-order valence-corrected chi connectivity index (χ0v) is 17.5. The van der Waals surface area contributed by atoms with E-state index in [0.29, 0.717) is 37.4 Å². The van der Waals surface area contributed by atoms with Gasteiger partial charge >= 0.3 is 0 Å². The topological polar surface area (TPSA) is 47.4 Å². The molecule has 1 aromatic heterocycles. The Morgan fingerprint density at radius 2 is 1.72 bits per heavy atom. The molecule has 2 aromatic carbocycles. The molecule has 0 radical (unpaired) electrons. The standard InChI is InChI=1S/C24H24F3N3O2/c25-18-5-6-21-23(12-18)29(14-28-21)13-15-1-3-16(4-2-15)24(31)30-22(7-8-32-30)17-9-19(26)11-20(27)10-17/h5-6,9-12,14-16,22H,1-4,7-8,13H2/t15?,16?,22-/m0/s1. The van der Waals surface area contributed by atoms with Crippen LogP contribution < -0.4 is 0 Å². The predicted octanol–water partition coefficient (Wildman–Crippen LogP) is 5.17. The second-order valence-corrected chi connectivity index (χ2v) is 8.75. The SMILES string of the molecule is O=C(C1CCC(Cn2cnc3ccc(F)cc32)CC1)N1OCC[C@H]1c1cc(F)cc(F)c1. The fourth-order valence-electron chi connectivity index (χ4n) is 4.98. The highest BCUT2D eigenvalue weighted by atomic mass is 19.1. The minimum atomic E-state index is -0.660. The highest BCUT2D eigenvalue weighted by Crippen LogP contribution is 2.37. The van der Waals surface area contributed by atoms with Gasteiger partial charge in [0.25, 0.3) is 0 Å². The summed E-state index contributed by atoms with van der Waals surface area (Å²) in [5.41, 5.74) is 1.96. The van der Waals surface area contributed by atoms with Crippen LogP contribution in [-0.4, -0.2) is 27.1 Å². The molecule has 32 heavy (non-hydrogen) atoms. The number of hydroxylamine groups is 2. The Labute approximate surface area is 183 Å². The lowest BCUT2D eigenvalue weighted by atomic mass is 9.81. The van der Waals surface area contributed by atoms with E-state index in [-0.39, 0.29) is 17.6 Å². The Kier molecular flexibility index (Phi) is 5.63. The minimum Gasteiger partial charge on any atom is -0.330 e. The summed E-state index contributed by atoms with van der Waals surface area (Å²) in [5, 5.41) is 1.32. The first-order chi connectivity index (χ1) is 15.5. The molecule has 1 atom stereocenters. The first-order valence-corrected chi connectivity index (χ1v) is 11.0. The molecular formula is C24H24F3N3O2. The maximum Gasteiger partial charge on any atom is 0.249 e. The van der Waals surface area contributed by atoms with E-state index in [9.17, 15) is 18.0 Å². The van der Waals surface area contributed by atoms with E-state index in [0.717, 1.165) is 36.5 Å². The molecule has 1 aliphatic carbocycles. The average molecular weight is 443 g/mol. The Balaban J connectivity index is 1.22. The Morgan fingerprint density at radius 1 is 0.969 bits per heavy atom. The van der Waals surface area contributed by atoms with Crippen molar-refractivity contribution < 1.29 is 22.8 Å². The number of imidazole rings is 1. The van der Waals surface area contributed by atoms with Gasteiger partial charge in [0.15, 0.2) is 0 Å². The van der Waals surface area contributed by atoms with Gasteiger partial charge in [-0.25, -0.2) is 23.2 Å². The van der Waals surface area contributed by atoms with Crippen molar-refractivity contribution in [1.82, 2.24) is 14.6 Å². The van der Waals surface area contributed by atoms with E-state index in [2.05, 4.69) is 4.98 Å². The summed E-state index contributed by atoms with van der Waals surface area (Å²) >= 11 is 0. The van der Waals surface area contributed by atoms with Crippen LogP contribution in [0.2, 0.25) is 0 Å². The number of rotatable bonds is 4. The lowest BCUT2D eigenvalue weighted by molar-refractivity contribution is -0.183. The van der Waals surface area contributed by atoms with Crippen molar-refractivity contribution in [3.05, 3.63) is 65.7 Å². The van der Waals surface area contributed by atoms with E-state index < -0.39 is 17.7 Å². The van der Waals surface area contributed by atoms with Crippen molar-refractivity contribution in [1.29, 1.82) is 0 Å². The number of aromatic nitrogens is 2. The second-order valence-electron chi connectivity index (χ2n) is 8.75. The van der Waals surface area contributed by atoms with E-state index in [4.69, 9.17) is 4.84 Å². The molecule has 1 saturated heterocycles.